The number of rotatable bonds is 7. The molecule has 184 valence electrons. The number of nitrogens with one attached hydrogen (secondary N) is 2. The van der Waals surface area contributed by atoms with Gasteiger partial charge in [0.25, 0.3) is 5.91 Å². The summed E-state index contributed by atoms with van der Waals surface area (Å²) in [7, 11) is 1.86. The first kappa shape index (κ1) is 23.1. The van der Waals surface area contributed by atoms with E-state index >= 15 is 0 Å². The van der Waals surface area contributed by atoms with Gasteiger partial charge in [-0.15, -0.1) is 0 Å². The number of nitrogens with zero attached hydrogens (tertiary/aromatic N) is 4. The highest BCUT2D eigenvalue weighted by Crippen LogP contribution is 2.25. The minimum absolute atomic E-state index is 0.0387. The molecule has 9 heteroatoms. The summed E-state index contributed by atoms with van der Waals surface area (Å²) in [6.07, 6.45) is 5.73. The second-order valence-corrected chi connectivity index (χ2v) is 9.42. The molecular formula is C26H32N6O3. The monoisotopic (exact) mass is 476 g/mol. The van der Waals surface area contributed by atoms with Gasteiger partial charge in [0.2, 0.25) is 11.8 Å². The number of aryl methyl sites for hydroxylation is 1. The molecule has 1 saturated heterocycles. The third kappa shape index (κ3) is 4.80. The van der Waals surface area contributed by atoms with Crippen molar-refractivity contribution < 1.29 is 14.4 Å². The molecule has 0 bridgehead atoms. The number of hydrogen-bond donors (Lipinski definition) is 2. The van der Waals surface area contributed by atoms with E-state index in [9.17, 15) is 14.4 Å². The van der Waals surface area contributed by atoms with Crippen LogP contribution < -0.4 is 5.32 Å². The molecule has 0 spiro atoms. The number of amides is 3. The molecule has 3 amide bonds. The molecule has 0 radical (unpaired) electrons. The van der Waals surface area contributed by atoms with E-state index in [1.807, 2.05) is 36.3 Å². The van der Waals surface area contributed by atoms with Gasteiger partial charge in [0.05, 0.1) is 0 Å². The summed E-state index contributed by atoms with van der Waals surface area (Å²) in [6, 6.07) is 8.09. The molecule has 4 heterocycles. The molecule has 35 heavy (non-hydrogen) atoms. The van der Waals surface area contributed by atoms with Crippen LogP contribution in [0.1, 0.15) is 53.0 Å². The first-order valence-corrected chi connectivity index (χ1v) is 12.4. The smallest absolute Gasteiger partial charge is 0.274 e. The third-order valence-corrected chi connectivity index (χ3v) is 7.15. The summed E-state index contributed by atoms with van der Waals surface area (Å²) in [5.74, 6) is -0.226. The normalized spacial score (nSPS) is 15.5. The highest BCUT2D eigenvalue weighted by atomic mass is 16.2. The van der Waals surface area contributed by atoms with Crippen molar-refractivity contribution in [1.82, 2.24) is 29.9 Å². The fraction of sp³-hybridized carbons (Fsp3) is 0.462. The topological polar surface area (TPSA) is 103 Å². The Labute approximate surface area is 204 Å². The minimum atomic E-state index is -0.123. The summed E-state index contributed by atoms with van der Waals surface area (Å²) < 4.78 is 1.78. The molecule has 0 unspecified atom stereocenters. The average molecular weight is 477 g/mol. The number of H-pyrrole nitrogens is 1. The fourth-order valence-corrected chi connectivity index (χ4v) is 5.19. The molecule has 9 nitrogen and oxygen atoms in total. The largest absolute Gasteiger partial charge is 0.361 e. The lowest BCUT2D eigenvalue weighted by molar-refractivity contribution is -0.134. The quantitative estimate of drug-likeness (QED) is 0.545. The van der Waals surface area contributed by atoms with Crippen molar-refractivity contribution in [3.8, 4) is 0 Å². The lowest BCUT2D eigenvalue weighted by Crippen LogP contribution is -2.38. The Hall–Kier alpha value is -3.62. The maximum absolute atomic E-state index is 13.0. The van der Waals surface area contributed by atoms with Crippen LogP contribution in [0.15, 0.2) is 30.5 Å². The van der Waals surface area contributed by atoms with Crippen molar-refractivity contribution >= 4 is 28.6 Å². The number of hydrogen-bond acceptors (Lipinski definition) is 4. The van der Waals surface area contributed by atoms with Crippen LogP contribution in [0.5, 0.6) is 0 Å². The minimum Gasteiger partial charge on any atom is -0.361 e. The van der Waals surface area contributed by atoms with Crippen molar-refractivity contribution in [2.45, 2.75) is 45.1 Å². The van der Waals surface area contributed by atoms with Gasteiger partial charge in [0.1, 0.15) is 0 Å². The summed E-state index contributed by atoms with van der Waals surface area (Å²) in [6.45, 7) is 3.01. The standard InChI is InChI=1S/C26H32N6O3/c1-30-22-11-15-32(17-20(22)25(29-30)26(35)31-13-4-5-14-31)24(34)9-8-23(33)27-12-10-18-16-28-21-7-3-2-6-19(18)21/h2-3,6-7,16,28H,4-5,8-15,17H2,1H3,(H,27,33). The maximum Gasteiger partial charge on any atom is 0.274 e. The summed E-state index contributed by atoms with van der Waals surface area (Å²) >= 11 is 0. The first-order chi connectivity index (χ1) is 17.0. The predicted octanol–water partition coefficient (Wildman–Crippen LogP) is 2.16. The van der Waals surface area contributed by atoms with E-state index in [1.165, 1.54) is 5.39 Å². The number of carbonyl (C=O) groups is 3. The molecule has 3 aromatic rings. The molecule has 0 aliphatic carbocycles. The Balaban J connectivity index is 1.12. The number of aromatic nitrogens is 3. The van der Waals surface area contributed by atoms with Gasteiger partial charge in [-0.2, -0.15) is 5.10 Å². The summed E-state index contributed by atoms with van der Waals surface area (Å²) in [5, 5.41) is 8.60. The SMILES string of the molecule is Cn1nc(C(=O)N2CCCC2)c2c1CCN(C(=O)CCC(=O)NCCc1c[nH]c3ccccc13)C2. The zero-order valence-electron chi connectivity index (χ0n) is 20.2. The van der Waals surface area contributed by atoms with Crippen molar-refractivity contribution in [1.29, 1.82) is 0 Å². The lowest BCUT2D eigenvalue weighted by Gasteiger charge is -2.28. The van der Waals surface area contributed by atoms with Crippen LogP contribution in [-0.2, 0) is 36.0 Å². The van der Waals surface area contributed by atoms with Crippen LogP contribution in [0.4, 0.5) is 0 Å². The van der Waals surface area contributed by atoms with Gasteiger partial charge >= 0.3 is 0 Å². The van der Waals surface area contributed by atoms with E-state index in [-0.39, 0.29) is 30.6 Å². The van der Waals surface area contributed by atoms with Gasteiger partial charge in [0.15, 0.2) is 5.69 Å². The zero-order chi connectivity index (χ0) is 24.4. The van der Waals surface area contributed by atoms with E-state index in [0.29, 0.717) is 31.7 Å². The van der Waals surface area contributed by atoms with E-state index in [2.05, 4.69) is 21.5 Å². The maximum atomic E-state index is 13.0. The van der Waals surface area contributed by atoms with Gasteiger partial charge < -0.3 is 20.1 Å². The van der Waals surface area contributed by atoms with Crippen LogP contribution in [-0.4, -0.2) is 68.5 Å². The first-order valence-electron chi connectivity index (χ1n) is 12.4. The van der Waals surface area contributed by atoms with Crippen LogP contribution in [0.2, 0.25) is 0 Å². The van der Waals surface area contributed by atoms with Crippen LogP contribution in [0.3, 0.4) is 0 Å². The molecule has 5 rings (SSSR count). The van der Waals surface area contributed by atoms with Crippen LogP contribution in [0, 0.1) is 0 Å². The summed E-state index contributed by atoms with van der Waals surface area (Å²) in [5.41, 5.74) is 4.59. The van der Waals surface area contributed by atoms with Crippen LogP contribution in [0.25, 0.3) is 10.9 Å². The Morgan fingerprint density at radius 2 is 1.86 bits per heavy atom. The highest BCUT2D eigenvalue weighted by Gasteiger charge is 2.32. The number of fused-ring (bicyclic) bond motifs is 2. The molecule has 0 saturated carbocycles. The van der Waals surface area contributed by atoms with E-state index in [0.717, 1.165) is 54.7 Å². The Morgan fingerprint density at radius 1 is 1.06 bits per heavy atom. The lowest BCUT2D eigenvalue weighted by atomic mass is 10.0. The molecule has 2 N–H and O–H groups in total. The van der Waals surface area contributed by atoms with Gasteiger partial charge in [-0.25, -0.2) is 0 Å². The van der Waals surface area contributed by atoms with Gasteiger partial charge in [-0.1, -0.05) is 18.2 Å². The molecule has 1 fully saturated rings. The number of aromatic amines is 1. The highest BCUT2D eigenvalue weighted by molar-refractivity contribution is 5.94. The fourth-order valence-electron chi connectivity index (χ4n) is 5.19. The van der Waals surface area contributed by atoms with E-state index in [1.54, 1.807) is 9.58 Å². The molecule has 2 aliphatic rings. The third-order valence-electron chi connectivity index (χ3n) is 7.15. The Morgan fingerprint density at radius 3 is 2.69 bits per heavy atom. The van der Waals surface area contributed by atoms with Crippen molar-refractivity contribution in [2.75, 3.05) is 26.2 Å². The number of carbonyl (C=O) groups excluding carboxylic acids is 3. The van der Waals surface area contributed by atoms with Crippen molar-refractivity contribution in [3.05, 3.63) is 53.0 Å². The number of likely N-dealkylation sites (tertiary alicyclic amines) is 1. The Bertz CT molecular complexity index is 1250. The molecular weight excluding hydrogens is 444 g/mol. The van der Waals surface area contributed by atoms with E-state index in [4.69, 9.17) is 0 Å². The Kier molecular flexibility index (Phi) is 6.57. The zero-order valence-corrected chi connectivity index (χ0v) is 20.2. The van der Waals surface area contributed by atoms with Gasteiger partial charge in [-0.05, 0) is 30.9 Å². The molecule has 1 aromatic carbocycles. The van der Waals surface area contributed by atoms with Gasteiger partial charge in [-0.3, -0.25) is 19.1 Å². The number of benzene rings is 1. The van der Waals surface area contributed by atoms with Crippen LogP contribution >= 0.6 is 0 Å². The molecule has 0 atom stereocenters. The van der Waals surface area contributed by atoms with Gasteiger partial charge in [0, 0.05) is 87.4 Å². The molecule has 2 aromatic heterocycles. The van der Waals surface area contributed by atoms with Crippen molar-refractivity contribution in [3.63, 3.8) is 0 Å². The molecule has 2 aliphatic heterocycles. The van der Waals surface area contributed by atoms with E-state index < -0.39 is 0 Å². The second-order valence-electron chi connectivity index (χ2n) is 9.42. The summed E-state index contributed by atoms with van der Waals surface area (Å²) in [4.78, 5) is 45.1. The average Bonchev–Trinajstić information content (AvgIpc) is 3.62. The van der Waals surface area contributed by atoms with Crippen molar-refractivity contribution in [2.24, 2.45) is 7.05 Å². The predicted molar refractivity (Wildman–Crippen MR) is 132 cm³/mol. The second kappa shape index (κ2) is 9.93. The number of para-hydroxylation sites is 1.